The van der Waals surface area contributed by atoms with Gasteiger partial charge in [0.2, 0.25) is 0 Å². The van der Waals surface area contributed by atoms with Gasteiger partial charge < -0.3 is 5.11 Å². The minimum absolute atomic E-state index is 0.163. The van der Waals surface area contributed by atoms with Gasteiger partial charge in [0.15, 0.2) is 0 Å². The fraction of sp³-hybridized carbons (Fsp3) is 0.417. The van der Waals surface area contributed by atoms with Gasteiger partial charge in [-0.1, -0.05) is 17.7 Å². The molecule has 1 atom stereocenters. The molecular weight excluding hydrogens is 244 g/mol. The van der Waals surface area contributed by atoms with Crippen molar-refractivity contribution in [3.05, 3.63) is 34.3 Å². The Bertz CT molecular complexity index is 406. The normalized spacial score (nSPS) is 19.2. The van der Waals surface area contributed by atoms with E-state index >= 15 is 0 Å². The van der Waals surface area contributed by atoms with Crippen LogP contribution in [0.3, 0.4) is 0 Å². The van der Waals surface area contributed by atoms with E-state index in [0.717, 1.165) is 24.3 Å². The predicted octanol–water partition coefficient (Wildman–Crippen LogP) is 3.54. The second kappa shape index (κ2) is 5.11. The van der Waals surface area contributed by atoms with Crippen LogP contribution >= 0.6 is 23.4 Å². The summed E-state index contributed by atoms with van der Waals surface area (Å²) in [5.41, 5.74) is 2.54. The molecule has 0 amide bonds. The number of halogens is 1. The van der Waals surface area contributed by atoms with E-state index in [1.54, 1.807) is 0 Å². The molecular formula is C12H13ClO2S. The molecule has 0 radical (unpaired) electrons. The molecule has 0 fully saturated rings. The zero-order chi connectivity index (χ0) is 11.5. The molecule has 1 N–H and O–H groups in total. The maximum atomic E-state index is 10.6. The third-order valence-electron chi connectivity index (χ3n) is 2.78. The Balaban J connectivity index is 2.18. The summed E-state index contributed by atoms with van der Waals surface area (Å²) in [5, 5.41) is 9.73. The van der Waals surface area contributed by atoms with Gasteiger partial charge in [-0.3, -0.25) is 4.79 Å². The van der Waals surface area contributed by atoms with Crippen LogP contribution in [0.5, 0.6) is 0 Å². The molecule has 0 bridgehead atoms. The number of benzene rings is 1. The molecule has 0 spiro atoms. The van der Waals surface area contributed by atoms with Crippen molar-refractivity contribution in [3.63, 3.8) is 0 Å². The van der Waals surface area contributed by atoms with Crippen molar-refractivity contribution in [2.24, 2.45) is 0 Å². The van der Waals surface area contributed by atoms with Crippen LogP contribution in [0.15, 0.2) is 18.2 Å². The van der Waals surface area contributed by atoms with Gasteiger partial charge in [0.05, 0.1) is 5.75 Å². The number of fused-ring (bicyclic) bond motifs is 1. The molecule has 2 nitrogen and oxygen atoms in total. The molecule has 1 aromatic carbocycles. The number of carboxylic acids is 1. The summed E-state index contributed by atoms with van der Waals surface area (Å²) in [7, 11) is 0. The largest absolute Gasteiger partial charge is 0.481 e. The lowest BCUT2D eigenvalue weighted by atomic mass is 9.91. The van der Waals surface area contributed by atoms with E-state index in [1.807, 2.05) is 12.1 Å². The zero-order valence-corrected chi connectivity index (χ0v) is 10.4. The minimum Gasteiger partial charge on any atom is -0.481 e. The van der Waals surface area contributed by atoms with Gasteiger partial charge in [0, 0.05) is 10.3 Å². The maximum absolute atomic E-state index is 10.6. The highest BCUT2D eigenvalue weighted by molar-refractivity contribution is 8.00. The van der Waals surface area contributed by atoms with Crippen molar-refractivity contribution in [3.8, 4) is 0 Å². The number of aliphatic carboxylic acids is 1. The molecule has 86 valence electrons. The first kappa shape index (κ1) is 11.8. The summed E-state index contributed by atoms with van der Waals surface area (Å²) < 4.78 is 0. The Hall–Kier alpha value is -0.670. The summed E-state index contributed by atoms with van der Waals surface area (Å²) in [6, 6.07) is 5.95. The van der Waals surface area contributed by atoms with Crippen molar-refractivity contribution in [2.75, 3.05) is 5.75 Å². The van der Waals surface area contributed by atoms with Crippen LogP contribution in [0.25, 0.3) is 0 Å². The molecule has 1 aliphatic rings. The van der Waals surface area contributed by atoms with Crippen LogP contribution in [0.1, 0.15) is 29.2 Å². The Morgan fingerprint density at radius 3 is 3.12 bits per heavy atom. The number of carboxylic acid groups (broad SMARTS) is 1. The van der Waals surface area contributed by atoms with E-state index in [2.05, 4.69) is 6.07 Å². The average molecular weight is 257 g/mol. The Labute approximate surface area is 104 Å². The lowest BCUT2D eigenvalue weighted by molar-refractivity contribution is -0.133. The van der Waals surface area contributed by atoms with Crippen LogP contribution in [0.2, 0.25) is 5.02 Å². The molecule has 1 aromatic rings. The highest BCUT2D eigenvalue weighted by Crippen LogP contribution is 2.40. The van der Waals surface area contributed by atoms with Crippen molar-refractivity contribution in [1.82, 2.24) is 0 Å². The summed E-state index contributed by atoms with van der Waals surface area (Å²) in [6.45, 7) is 0. The first-order valence-electron chi connectivity index (χ1n) is 5.28. The Kier molecular flexibility index (Phi) is 3.77. The smallest absolute Gasteiger partial charge is 0.313 e. The Morgan fingerprint density at radius 1 is 1.56 bits per heavy atom. The summed E-state index contributed by atoms with van der Waals surface area (Å²) >= 11 is 7.48. The number of hydrogen-bond acceptors (Lipinski definition) is 2. The first-order valence-corrected chi connectivity index (χ1v) is 6.71. The number of thioether (sulfide) groups is 1. The van der Waals surface area contributed by atoms with Crippen molar-refractivity contribution < 1.29 is 9.90 Å². The van der Waals surface area contributed by atoms with E-state index in [1.165, 1.54) is 22.9 Å². The first-order chi connectivity index (χ1) is 7.66. The molecule has 4 heteroatoms. The van der Waals surface area contributed by atoms with Crippen molar-refractivity contribution in [1.29, 1.82) is 0 Å². The van der Waals surface area contributed by atoms with E-state index in [0.29, 0.717) is 5.25 Å². The summed E-state index contributed by atoms with van der Waals surface area (Å²) in [6.07, 6.45) is 3.26. The van der Waals surface area contributed by atoms with E-state index in [9.17, 15) is 4.79 Å². The van der Waals surface area contributed by atoms with Crippen LogP contribution in [0.4, 0.5) is 0 Å². The average Bonchev–Trinajstić information content (AvgIpc) is 2.26. The van der Waals surface area contributed by atoms with Gasteiger partial charge in [-0.05, 0) is 42.5 Å². The topological polar surface area (TPSA) is 37.3 Å². The van der Waals surface area contributed by atoms with Crippen molar-refractivity contribution >= 4 is 29.3 Å². The molecule has 0 saturated heterocycles. The van der Waals surface area contributed by atoms with Crippen molar-refractivity contribution in [2.45, 2.75) is 24.5 Å². The third kappa shape index (κ3) is 2.71. The van der Waals surface area contributed by atoms with Gasteiger partial charge in [-0.25, -0.2) is 0 Å². The van der Waals surface area contributed by atoms with Gasteiger partial charge in [-0.15, -0.1) is 11.8 Å². The third-order valence-corrected chi connectivity index (χ3v) is 4.32. The van der Waals surface area contributed by atoms with Gasteiger partial charge in [0.25, 0.3) is 0 Å². The highest BCUT2D eigenvalue weighted by atomic mass is 35.5. The summed E-state index contributed by atoms with van der Waals surface area (Å²) in [5.74, 6) is -0.587. The second-order valence-corrected chi connectivity index (χ2v) is 5.56. The maximum Gasteiger partial charge on any atom is 0.313 e. The SMILES string of the molecule is O=C(O)CSC1CCCc2ccc(Cl)cc21. The van der Waals surface area contributed by atoms with Crippen LogP contribution in [0, 0.1) is 0 Å². The lowest BCUT2D eigenvalue weighted by Gasteiger charge is -2.24. The molecule has 0 heterocycles. The quantitative estimate of drug-likeness (QED) is 0.899. The molecule has 0 saturated carbocycles. The highest BCUT2D eigenvalue weighted by Gasteiger charge is 2.21. The van der Waals surface area contributed by atoms with E-state index < -0.39 is 5.97 Å². The number of rotatable bonds is 3. The van der Waals surface area contributed by atoms with E-state index in [4.69, 9.17) is 16.7 Å². The second-order valence-electron chi connectivity index (χ2n) is 3.93. The Morgan fingerprint density at radius 2 is 2.38 bits per heavy atom. The predicted molar refractivity (Wildman–Crippen MR) is 67.2 cm³/mol. The monoisotopic (exact) mass is 256 g/mol. The number of aryl methyl sites for hydroxylation is 1. The fourth-order valence-electron chi connectivity index (χ4n) is 2.07. The zero-order valence-electron chi connectivity index (χ0n) is 8.78. The standard InChI is InChI=1S/C12H13ClO2S/c13-9-5-4-8-2-1-3-11(10(8)6-9)16-7-12(14)15/h4-6,11H,1-3,7H2,(H,14,15). The fourth-order valence-corrected chi connectivity index (χ4v) is 3.33. The number of carbonyl (C=O) groups is 1. The molecule has 2 rings (SSSR count). The molecule has 1 unspecified atom stereocenters. The molecule has 0 aliphatic heterocycles. The molecule has 1 aliphatic carbocycles. The van der Waals surface area contributed by atoms with Crippen LogP contribution in [-0.2, 0) is 11.2 Å². The van der Waals surface area contributed by atoms with Crippen LogP contribution < -0.4 is 0 Å². The van der Waals surface area contributed by atoms with Crippen LogP contribution in [-0.4, -0.2) is 16.8 Å². The molecule has 0 aromatic heterocycles. The minimum atomic E-state index is -0.751. The van der Waals surface area contributed by atoms with Gasteiger partial charge in [-0.2, -0.15) is 0 Å². The number of hydrogen-bond donors (Lipinski definition) is 1. The lowest BCUT2D eigenvalue weighted by Crippen LogP contribution is -2.09. The summed E-state index contributed by atoms with van der Waals surface area (Å²) in [4.78, 5) is 10.6. The molecule has 16 heavy (non-hydrogen) atoms. The van der Waals surface area contributed by atoms with Gasteiger partial charge >= 0.3 is 5.97 Å². The van der Waals surface area contributed by atoms with Gasteiger partial charge in [0.1, 0.15) is 0 Å². The van der Waals surface area contributed by atoms with E-state index in [-0.39, 0.29) is 5.75 Å².